The van der Waals surface area contributed by atoms with Crippen molar-refractivity contribution >= 4 is 101 Å². The second-order valence-electron chi connectivity index (χ2n) is 18.5. The highest BCUT2D eigenvalue weighted by Crippen LogP contribution is 2.20. The normalized spacial score (nSPS) is 22.2. The van der Waals surface area contributed by atoms with Crippen LogP contribution in [0, 0.1) is 0 Å². The van der Waals surface area contributed by atoms with Crippen molar-refractivity contribution in [1.82, 2.24) is 62.8 Å². The Morgan fingerprint density at radius 1 is 0.731 bits per heavy atom. The minimum absolute atomic E-state index is 0.00106. The van der Waals surface area contributed by atoms with Gasteiger partial charge in [0.15, 0.2) is 5.96 Å². The highest BCUT2D eigenvalue weighted by atomic mass is 32.1. The number of thiol groups is 2. The molecule has 2 aromatic carbocycles. The standard InChI is InChI=1S/C50H68N16O10S2/c1-27(67)59-39(24-77)48(75)65-38-21-41(68)55-16-8-7-14-33(42(51)69)60-49(76)40(25-78)66-45(72)36(19-29-22-57-32-13-6-5-12-31(29)32)63-43(70)34(15-9-17-56-50(52)53)61-44(71)35(18-28-10-3-2-4-11-28)62-46(73)37(64-47(38)74)20-30-23-54-26-58-30/h2-6,10-13,22-23,26,33-40,57,77-78H,7-9,14-21,24-25H2,1H3,(H2,51,69)(H,54,58)(H,55,68)(H,59,67)(H,60,76)(H,61,71)(H,62,73)(H,63,70)(H,64,74)(H,65,75)(H,66,72)(H4,52,53,56)/t33-,34-,35+,36-,37-,38-,39-,40-/m0/s1. The van der Waals surface area contributed by atoms with E-state index < -0.39 is 114 Å². The molecule has 5 rings (SSSR count). The number of imidazole rings is 1. The third-order valence-corrected chi connectivity index (χ3v) is 13.2. The Balaban J connectivity index is 1.57. The third kappa shape index (κ3) is 19.2. The Bertz CT molecular complexity index is 2760. The van der Waals surface area contributed by atoms with Gasteiger partial charge in [-0.3, -0.25) is 52.9 Å². The number of H-pyrrole nitrogens is 2. The lowest BCUT2D eigenvalue weighted by Gasteiger charge is -2.28. The zero-order valence-corrected chi connectivity index (χ0v) is 44.6. The summed E-state index contributed by atoms with van der Waals surface area (Å²) in [4.78, 5) is 152. The maximum atomic E-state index is 14.8. The average Bonchev–Trinajstić information content (AvgIpc) is 4.09. The summed E-state index contributed by atoms with van der Waals surface area (Å²) in [5, 5.41) is 24.3. The number of hydrogen-bond donors (Lipinski definition) is 16. The maximum Gasteiger partial charge on any atom is 0.244 e. The molecular formula is C50H68N16O10S2. The summed E-state index contributed by atoms with van der Waals surface area (Å²) in [5.74, 6) is -9.01. The molecule has 3 heterocycles. The number of amides is 10. The summed E-state index contributed by atoms with van der Waals surface area (Å²) >= 11 is 8.48. The molecule has 0 unspecified atom stereocenters. The summed E-state index contributed by atoms with van der Waals surface area (Å²) in [6.45, 7) is 1.20. The Morgan fingerprint density at radius 3 is 1.99 bits per heavy atom. The van der Waals surface area contributed by atoms with Crippen LogP contribution in [-0.4, -0.2) is 153 Å². The number of nitrogens with zero attached hydrogens (tertiary/aromatic N) is 2. The molecule has 0 spiro atoms. The molecular weight excluding hydrogens is 1050 g/mol. The molecule has 420 valence electrons. The molecule has 26 nitrogen and oxygen atoms in total. The van der Waals surface area contributed by atoms with Gasteiger partial charge in [0.1, 0.15) is 48.3 Å². The number of aromatic nitrogens is 3. The lowest BCUT2D eigenvalue weighted by Crippen LogP contribution is -2.61. The highest BCUT2D eigenvalue weighted by molar-refractivity contribution is 7.80. The number of primary amides is 1. The molecule has 1 saturated heterocycles. The van der Waals surface area contributed by atoms with E-state index in [0.717, 1.165) is 10.9 Å². The summed E-state index contributed by atoms with van der Waals surface area (Å²) < 4.78 is 0. The number of aliphatic imine (C=N–C) groups is 1. The van der Waals surface area contributed by atoms with E-state index in [9.17, 15) is 47.9 Å². The molecule has 1 aliphatic heterocycles. The Hall–Kier alpha value is -8.14. The molecule has 17 N–H and O–H groups in total. The van der Waals surface area contributed by atoms with Crippen LogP contribution in [0.1, 0.15) is 62.3 Å². The van der Waals surface area contributed by atoms with Crippen LogP contribution >= 0.6 is 25.3 Å². The molecule has 78 heavy (non-hydrogen) atoms. The summed E-state index contributed by atoms with van der Waals surface area (Å²) in [7, 11) is 0. The zero-order chi connectivity index (χ0) is 56.7. The second-order valence-corrected chi connectivity index (χ2v) is 19.2. The molecule has 8 atom stereocenters. The van der Waals surface area contributed by atoms with Crippen LogP contribution < -0.4 is 65.1 Å². The number of nitrogens with one attached hydrogen (secondary N) is 11. The monoisotopic (exact) mass is 1120 g/mol. The molecule has 1 aliphatic rings. The van der Waals surface area contributed by atoms with Crippen molar-refractivity contribution < 1.29 is 47.9 Å². The van der Waals surface area contributed by atoms with Crippen molar-refractivity contribution in [3.8, 4) is 0 Å². The lowest BCUT2D eigenvalue weighted by molar-refractivity contribution is -0.136. The van der Waals surface area contributed by atoms with E-state index in [1.165, 1.54) is 19.4 Å². The zero-order valence-electron chi connectivity index (χ0n) is 42.8. The predicted molar refractivity (Wildman–Crippen MR) is 294 cm³/mol. The Labute approximate surface area is 460 Å². The van der Waals surface area contributed by atoms with Crippen LogP contribution in [0.25, 0.3) is 10.9 Å². The molecule has 0 radical (unpaired) electrons. The van der Waals surface area contributed by atoms with Crippen molar-refractivity contribution in [2.24, 2.45) is 22.2 Å². The number of para-hydroxylation sites is 1. The number of rotatable bonds is 16. The van der Waals surface area contributed by atoms with Gasteiger partial charge in [-0.05, 0) is 49.3 Å². The van der Waals surface area contributed by atoms with Crippen LogP contribution in [0.3, 0.4) is 0 Å². The molecule has 0 bridgehead atoms. The molecule has 0 aliphatic carbocycles. The van der Waals surface area contributed by atoms with Gasteiger partial charge in [-0.2, -0.15) is 25.3 Å². The van der Waals surface area contributed by atoms with Gasteiger partial charge in [0, 0.05) is 79.8 Å². The number of guanidine groups is 1. The van der Waals surface area contributed by atoms with Gasteiger partial charge in [-0.1, -0.05) is 48.5 Å². The van der Waals surface area contributed by atoms with Gasteiger partial charge in [0.25, 0.3) is 0 Å². The fourth-order valence-electron chi connectivity index (χ4n) is 8.38. The summed E-state index contributed by atoms with van der Waals surface area (Å²) in [6, 6.07) is 4.55. The number of carbonyl (C=O) groups is 10. The number of hydrogen-bond acceptors (Lipinski definition) is 14. The van der Waals surface area contributed by atoms with E-state index in [0.29, 0.717) is 16.8 Å². The van der Waals surface area contributed by atoms with Crippen LogP contribution in [0.2, 0.25) is 0 Å². The number of nitrogens with two attached hydrogens (primary N) is 3. The van der Waals surface area contributed by atoms with Crippen molar-refractivity contribution in [1.29, 1.82) is 0 Å². The van der Waals surface area contributed by atoms with E-state index >= 15 is 0 Å². The fraction of sp³-hybridized carbons (Fsp3) is 0.440. The second kappa shape index (κ2) is 30.6. The number of carbonyl (C=O) groups excluding carboxylic acids is 10. The predicted octanol–water partition coefficient (Wildman–Crippen LogP) is -3.09. The minimum atomic E-state index is -1.65. The van der Waals surface area contributed by atoms with Crippen molar-refractivity contribution in [3.63, 3.8) is 0 Å². The van der Waals surface area contributed by atoms with Crippen LogP contribution in [0.5, 0.6) is 0 Å². The lowest BCUT2D eigenvalue weighted by atomic mass is 10.0. The molecule has 1 fully saturated rings. The first-order chi connectivity index (χ1) is 37.3. The fourth-order valence-corrected chi connectivity index (χ4v) is 8.89. The largest absolute Gasteiger partial charge is 0.370 e. The van der Waals surface area contributed by atoms with E-state index in [4.69, 9.17) is 17.2 Å². The minimum Gasteiger partial charge on any atom is -0.370 e. The smallest absolute Gasteiger partial charge is 0.244 e. The van der Waals surface area contributed by atoms with Crippen molar-refractivity contribution in [3.05, 3.63) is 90.1 Å². The summed E-state index contributed by atoms with van der Waals surface area (Å²) in [5.41, 5.74) is 19.2. The van der Waals surface area contributed by atoms with Gasteiger partial charge in [0.05, 0.1) is 12.7 Å². The van der Waals surface area contributed by atoms with Gasteiger partial charge < -0.3 is 75.0 Å². The Kier molecular flexibility index (Phi) is 23.8. The average molecular weight is 1120 g/mol. The molecule has 10 amide bonds. The number of aromatic amines is 2. The molecule has 4 aromatic rings. The van der Waals surface area contributed by atoms with Crippen LogP contribution in [-0.2, 0) is 67.2 Å². The summed E-state index contributed by atoms with van der Waals surface area (Å²) in [6.07, 6.45) is 3.72. The maximum absolute atomic E-state index is 14.8. The van der Waals surface area contributed by atoms with Gasteiger partial charge >= 0.3 is 0 Å². The van der Waals surface area contributed by atoms with Crippen molar-refractivity contribution in [2.45, 2.75) is 113 Å². The first kappa shape index (κ1) is 60.7. The van der Waals surface area contributed by atoms with E-state index in [2.05, 4.69) is 93.1 Å². The molecule has 2 aromatic heterocycles. The third-order valence-electron chi connectivity index (χ3n) is 12.5. The van der Waals surface area contributed by atoms with E-state index in [-0.39, 0.29) is 81.9 Å². The first-order valence-electron chi connectivity index (χ1n) is 25.1. The quantitative estimate of drug-likeness (QED) is 0.0229. The topological polar surface area (TPSA) is 414 Å². The van der Waals surface area contributed by atoms with Gasteiger partial charge in [-0.15, -0.1) is 0 Å². The van der Waals surface area contributed by atoms with Gasteiger partial charge in [-0.25, -0.2) is 4.98 Å². The van der Waals surface area contributed by atoms with E-state index in [1.54, 1.807) is 42.6 Å². The van der Waals surface area contributed by atoms with Crippen LogP contribution in [0.4, 0.5) is 0 Å². The van der Waals surface area contributed by atoms with E-state index in [1.807, 2.05) is 18.2 Å². The first-order valence-corrected chi connectivity index (χ1v) is 26.4. The highest BCUT2D eigenvalue weighted by Gasteiger charge is 2.36. The van der Waals surface area contributed by atoms with Crippen LogP contribution in [0.15, 0.2) is 78.3 Å². The number of fused-ring (bicyclic) bond motifs is 1. The molecule has 28 heteroatoms. The van der Waals surface area contributed by atoms with Gasteiger partial charge in [0.2, 0.25) is 59.1 Å². The molecule has 0 saturated carbocycles. The SMILES string of the molecule is CC(=O)N[C@@H](CS)C(=O)N[C@H]1CC(=O)NCCCC[C@@H](C(N)=O)NC(=O)[C@H](CS)NC(=O)[C@H](Cc2c[nH]c3ccccc23)NC(=O)[C@H](CCCN=C(N)N)NC(=O)[C@@H](Cc2ccccc2)NC(=O)[C@H](Cc2cnc[nH]2)NC1=O. The van der Waals surface area contributed by atoms with Crippen molar-refractivity contribution in [2.75, 3.05) is 24.6 Å². The number of benzene rings is 2. The Morgan fingerprint density at radius 2 is 1.35 bits per heavy atom.